The van der Waals surface area contributed by atoms with E-state index in [2.05, 4.69) is 0 Å². The summed E-state index contributed by atoms with van der Waals surface area (Å²) in [5, 5.41) is 12.8. The second-order valence-corrected chi connectivity index (χ2v) is 14.1. The molecule has 0 unspecified atom stereocenters. The zero-order chi connectivity index (χ0) is 29.9. The van der Waals surface area contributed by atoms with Gasteiger partial charge in [0.25, 0.3) is 0 Å². The summed E-state index contributed by atoms with van der Waals surface area (Å²) in [7, 11) is -0.573. The lowest BCUT2D eigenvalue weighted by Gasteiger charge is -2.54. The van der Waals surface area contributed by atoms with Crippen LogP contribution in [0, 0.1) is 5.92 Å². The molecule has 1 aliphatic heterocycles. The number of likely N-dealkylation sites (N-methyl/N-ethyl adjacent to an activating group) is 1. The number of benzene rings is 2. The molecule has 5 atom stereocenters. The average Bonchev–Trinajstić information content (AvgIpc) is 3.50. The van der Waals surface area contributed by atoms with Gasteiger partial charge in [-0.15, -0.1) is 0 Å². The van der Waals surface area contributed by atoms with Gasteiger partial charge in [0.2, 0.25) is 15.9 Å². The molecule has 2 aromatic carbocycles. The molecule has 0 spiro atoms. The van der Waals surface area contributed by atoms with Crippen molar-refractivity contribution in [3.63, 3.8) is 0 Å². The normalized spacial score (nSPS) is 27.6. The lowest BCUT2D eigenvalue weighted by Crippen LogP contribution is -2.67. The molecule has 2 saturated carbocycles. The van der Waals surface area contributed by atoms with Crippen molar-refractivity contribution in [3.8, 4) is 11.5 Å². The molecule has 3 aliphatic carbocycles. The molecule has 0 saturated heterocycles. The number of carbonyl (C=O) groups excluding carboxylic acids is 1. The number of rotatable bonds is 9. The summed E-state index contributed by atoms with van der Waals surface area (Å²) in [6.07, 6.45) is 8.82. The highest BCUT2D eigenvalue weighted by Crippen LogP contribution is 2.60. The third-order valence-corrected chi connectivity index (χ3v) is 11.6. The van der Waals surface area contributed by atoms with Crippen molar-refractivity contribution >= 4 is 22.0 Å². The number of nitrogens with zero attached hydrogens (tertiary/aromatic N) is 2. The molecule has 1 aromatic heterocycles. The summed E-state index contributed by atoms with van der Waals surface area (Å²) in [6, 6.07) is 13.0. The monoisotopic (exact) mass is 604 g/mol. The Labute approximate surface area is 251 Å². The predicted molar refractivity (Wildman–Crippen MR) is 159 cm³/mol. The van der Waals surface area contributed by atoms with E-state index in [0.717, 1.165) is 29.5 Å². The van der Waals surface area contributed by atoms with Crippen molar-refractivity contribution in [1.82, 2.24) is 9.21 Å². The van der Waals surface area contributed by atoms with Gasteiger partial charge in [-0.1, -0.05) is 24.3 Å². The topological polar surface area (TPSA) is 110 Å². The molecular formula is C33H36N2O7S. The lowest BCUT2D eigenvalue weighted by molar-refractivity contribution is -0.140. The van der Waals surface area contributed by atoms with Crippen molar-refractivity contribution in [2.75, 3.05) is 20.7 Å². The predicted octanol–water partition coefficient (Wildman–Crippen LogP) is 4.22. The minimum atomic E-state index is -3.91. The van der Waals surface area contributed by atoms with Crippen LogP contribution >= 0.6 is 0 Å². The Morgan fingerprint density at radius 3 is 2.63 bits per heavy atom. The van der Waals surface area contributed by atoms with Crippen LogP contribution in [0.5, 0.6) is 11.5 Å². The van der Waals surface area contributed by atoms with Crippen LogP contribution < -0.4 is 9.47 Å². The Hall–Kier alpha value is -3.60. The van der Waals surface area contributed by atoms with Crippen molar-refractivity contribution in [1.29, 1.82) is 0 Å². The van der Waals surface area contributed by atoms with E-state index in [1.165, 1.54) is 6.08 Å². The zero-order valence-electron chi connectivity index (χ0n) is 24.3. The maximum atomic E-state index is 14.2. The molecule has 2 fully saturated rings. The summed E-state index contributed by atoms with van der Waals surface area (Å²) < 4.78 is 47.5. The van der Waals surface area contributed by atoms with E-state index in [1.807, 2.05) is 12.1 Å². The lowest BCUT2D eigenvalue weighted by atomic mass is 9.61. The van der Waals surface area contributed by atoms with Crippen LogP contribution in [0.15, 0.2) is 76.4 Å². The first-order valence-electron chi connectivity index (χ1n) is 14.8. The number of amides is 1. The average molecular weight is 605 g/mol. The third kappa shape index (κ3) is 4.67. The molecule has 2 heterocycles. The Morgan fingerprint density at radius 2 is 1.93 bits per heavy atom. The zero-order valence-corrected chi connectivity index (χ0v) is 25.1. The molecule has 1 amide bonds. The van der Waals surface area contributed by atoms with E-state index in [-0.39, 0.29) is 22.8 Å². The van der Waals surface area contributed by atoms with Gasteiger partial charge >= 0.3 is 0 Å². The van der Waals surface area contributed by atoms with Gasteiger partial charge in [-0.2, -0.15) is 4.31 Å². The smallest absolute Gasteiger partial charge is 0.246 e. The minimum absolute atomic E-state index is 0.197. The van der Waals surface area contributed by atoms with Gasteiger partial charge < -0.3 is 23.9 Å². The summed E-state index contributed by atoms with van der Waals surface area (Å²) in [5.41, 5.74) is 1.19. The Bertz CT molecular complexity index is 1650. The summed E-state index contributed by atoms with van der Waals surface area (Å²) in [4.78, 5) is 15.2. The van der Waals surface area contributed by atoms with Crippen molar-refractivity contribution in [3.05, 3.63) is 83.8 Å². The first-order chi connectivity index (χ1) is 20.7. The van der Waals surface area contributed by atoms with E-state index in [0.29, 0.717) is 37.3 Å². The summed E-state index contributed by atoms with van der Waals surface area (Å²) in [6.45, 7) is 0.363. The van der Waals surface area contributed by atoms with Gasteiger partial charge in [-0.3, -0.25) is 4.79 Å². The van der Waals surface area contributed by atoms with Crippen LogP contribution in [-0.2, 0) is 21.2 Å². The minimum Gasteiger partial charge on any atom is -0.493 e. The van der Waals surface area contributed by atoms with Crippen LogP contribution in [0.3, 0.4) is 0 Å². The van der Waals surface area contributed by atoms with Gasteiger partial charge in [0.15, 0.2) is 11.5 Å². The van der Waals surface area contributed by atoms with Gasteiger partial charge in [0.05, 0.1) is 48.1 Å². The molecule has 10 heteroatoms. The molecule has 226 valence electrons. The Balaban J connectivity index is 1.29. The quantitative estimate of drug-likeness (QED) is 0.364. The van der Waals surface area contributed by atoms with Crippen LogP contribution in [0.1, 0.15) is 48.3 Å². The van der Waals surface area contributed by atoms with Gasteiger partial charge in [0, 0.05) is 30.8 Å². The van der Waals surface area contributed by atoms with Crippen molar-refractivity contribution in [2.45, 2.75) is 66.7 Å². The number of sulfonamides is 1. The number of ether oxygens (including phenoxy) is 2. The van der Waals surface area contributed by atoms with Crippen LogP contribution in [0.4, 0.5) is 0 Å². The van der Waals surface area contributed by atoms with Gasteiger partial charge in [0.1, 0.15) is 6.10 Å². The molecule has 7 rings (SSSR count). The number of aliphatic hydroxyl groups is 1. The number of furan rings is 1. The molecule has 43 heavy (non-hydrogen) atoms. The highest BCUT2D eigenvalue weighted by Gasteiger charge is 2.64. The second kappa shape index (κ2) is 10.5. The number of hydrogen-bond acceptors (Lipinski definition) is 7. The molecule has 9 nitrogen and oxygen atoms in total. The molecule has 0 bridgehead atoms. The van der Waals surface area contributed by atoms with Crippen molar-refractivity contribution < 1.29 is 32.2 Å². The number of carbonyl (C=O) groups is 1. The first-order valence-corrected chi connectivity index (χ1v) is 16.3. The Kier molecular flexibility index (Phi) is 6.91. The molecule has 0 radical (unpaired) electrons. The standard InChI is InChI=1S/C33H36N2O7S/c1-34(28(36)13-10-22-15-17-41-20-22)25-14-16-33(37)27(18-23-11-12-26(40-2)32-29(23)30(33)31(25)42-32)35(19-21-8-9-21)43(38,39)24-6-4-3-5-7-24/h3-7,10-13,15,17,20-21,25,27,30-31,37H,8-9,14,16,18-19H2,1-2H3/b13-10+/t25-,27-,30+,31+,33-/m1/s1. The highest BCUT2D eigenvalue weighted by molar-refractivity contribution is 7.89. The second-order valence-electron chi connectivity index (χ2n) is 12.2. The SMILES string of the molecule is COc1ccc2c3c1O[C@H]1[C@H](N(C)C(=O)/C=C/c4ccoc4)CC[C@](O)([C@@H]31)[C@H](N(CC1CC1)S(=O)(=O)c1ccccc1)C2. The first kappa shape index (κ1) is 28.2. The van der Waals surface area contributed by atoms with Crippen LogP contribution in [-0.4, -0.2) is 73.1 Å². The van der Waals surface area contributed by atoms with E-state index < -0.39 is 33.7 Å². The van der Waals surface area contributed by atoms with Crippen LogP contribution in [0.25, 0.3) is 6.08 Å². The van der Waals surface area contributed by atoms with E-state index >= 15 is 0 Å². The van der Waals surface area contributed by atoms with Crippen LogP contribution in [0.2, 0.25) is 0 Å². The molecule has 4 aliphatic rings. The molecule has 3 aromatic rings. The Morgan fingerprint density at radius 1 is 1.14 bits per heavy atom. The molecule has 1 N–H and O–H groups in total. The van der Waals surface area contributed by atoms with Gasteiger partial charge in [-0.25, -0.2) is 8.42 Å². The number of methoxy groups -OCH3 is 1. The third-order valence-electron chi connectivity index (χ3n) is 9.75. The maximum absolute atomic E-state index is 14.2. The van der Waals surface area contributed by atoms with Gasteiger partial charge in [-0.05, 0) is 73.9 Å². The summed E-state index contributed by atoms with van der Waals surface area (Å²) in [5.74, 6) is 0.679. The summed E-state index contributed by atoms with van der Waals surface area (Å²) >= 11 is 0. The maximum Gasteiger partial charge on any atom is 0.246 e. The molecular weight excluding hydrogens is 568 g/mol. The van der Waals surface area contributed by atoms with E-state index in [9.17, 15) is 18.3 Å². The van der Waals surface area contributed by atoms with E-state index in [1.54, 1.807) is 78.4 Å². The van der Waals surface area contributed by atoms with Crippen molar-refractivity contribution in [2.24, 2.45) is 5.92 Å². The number of hydrogen-bond donors (Lipinski definition) is 1. The van der Waals surface area contributed by atoms with E-state index in [4.69, 9.17) is 13.9 Å². The fourth-order valence-electron chi connectivity index (χ4n) is 7.34. The largest absolute Gasteiger partial charge is 0.493 e. The highest BCUT2D eigenvalue weighted by atomic mass is 32.2. The fourth-order valence-corrected chi connectivity index (χ4v) is 9.11. The fraction of sp³-hybridized carbons (Fsp3) is 0.424.